The fraction of sp³-hybridized carbons (Fsp3) is 0.824. The fourth-order valence-corrected chi connectivity index (χ4v) is 4.65. The van der Waals surface area contributed by atoms with Crippen LogP contribution in [0.2, 0.25) is 0 Å². The van der Waals surface area contributed by atoms with Gasteiger partial charge in [-0.15, -0.1) is 0 Å². The SMILES string of the molecule is CCCS(=O)(=O)N1CCN(Cc2noc(CCC(=O)N(CC)CC)n2)CC1. The van der Waals surface area contributed by atoms with Gasteiger partial charge in [-0.25, -0.2) is 8.42 Å². The molecule has 0 atom stereocenters. The van der Waals surface area contributed by atoms with Gasteiger partial charge in [0.15, 0.2) is 5.82 Å². The molecule has 1 aliphatic rings. The first-order valence-corrected chi connectivity index (χ1v) is 11.3. The standard InChI is InChI=1S/C17H31N5O4S/c1-4-13-27(24,25)22-11-9-20(10-12-22)14-15-18-16(26-19-15)7-8-17(23)21(5-2)6-3/h4-14H2,1-3H3. The average Bonchev–Trinajstić information content (AvgIpc) is 3.09. The largest absolute Gasteiger partial charge is 0.343 e. The van der Waals surface area contributed by atoms with Gasteiger partial charge in [0.05, 0.1) is 12.3 Å². The Morgan fingerprint density at radius 3 is 2.41 bits per heavy atom. The summed E-state index contributed by atoms with van der Waals surface area (Å²) in [7, 11) is -3.13. The molecule has 1 fully saturated rings. The predicted molar refractivity (Wildman–Crippen MR) is 101 cm³/mol. The van der Waals surface area contributed by atoms with Crippen molar-refractivity contribution in [3.8, 4) is 0 Å². The third-order valence-corrected chi connectivity index (χ3v) is 6.81. The Morgan fingerprint density at radius 1 is 1.15 bits per heavy atom. The molecule has 2 heterocycles. The molecule has 0 aliphatic carbocycles. The maximum atomic E-state index is 12.1. The Labute approximate surface area is 161 Å². The van der Waals surface area contributed by atoms with Crippen molar-refractivity contribution in [2.45, 2.75) is 46.6 Å². The zero-order chi connectivity index (χ0) is 19.9. The van der Waals surface area contributed by atoms with Crippen LogP contribution in [0.25, 0.3) is 0 Å². The van der Waals surface area contributed by atoms with Crippen LogP contribution in [-0.4, -0.2) is 83.6 Å². The monoisotopic (exact) mass is 401 g/mol. The molecular formula is C17H31N5O4S. The Balaban J connectivity index is 1.79. The summed E-state index contributed by atoms with van der Waals surface area (Å²) in [6.07, 6.45) is 1.42. The van der Waals surface area contributed by atoms with Crippen molar-refractivity contribution >= 4 is 15.9 Å². The quantitative estimate of drug-likeness (QED) is 0.570. The lowest BCUT2D eigenvalue weighted by molar-refractivity contribution is -0.130. The molecule has 1 aliphatic heterocycles. The van der Waals surface area contributed by atoms with Gasteiger partial charge in [-0.2, -0.15) is 9.29 Å². The highest BCUT2D eigenvalue weighted by atomic mass is 32.2. The number of rotatable bonds is 10. The van der Waals surface area contributed by atoms with Gasteiger partial charge in [0.2, 0.25) is 21.8 Å². The summed E-state index contributed by atoms with van der Waals surface area (Å²) >= 11 is 0. The van der Waals surface area contributed by atoms with Gasteiger partial charge in [0.25, 0.3) is 0 Å². The molecule has 0 saturated carbocycles. The van der Waals surface area contributed by atoms with E-state index in [0.29, 0.717) is 76.8 Å². The molecule has 0 radical (unpaired) electrons. The fourth-order valence-electron chi connectivity index (χ4n) is 3.16. The number of carbonyl (C=O) groups is 1. The van der Waals surface area contributed by atoms with Crippen molar-refractivity contribution in [2.24, 2.45) is 0 Å². The van der Waals surface area contributed by atoms with Crippen LogP contribution >= 0.6 is 0 Å². The second-order valence-electron chi connectivity index (χ2n) is 6.66. The van der Waals surface area contributed by atoms with Crippen LogP contribution in [-0.2, 0) is 27.8 Å². The molecule has 0 N–H and O–H groups in total. The maximum absolute atomic E-state index is 12.1. The Morgan fingerprint density at radius 2 is 1.81 bits per heavy atom. The lowest BCUT2D eigenvalue weighted by Crippen LogP contribution is -2.48. The summed E-state index contributed by atoms with van der Waals surface area (Å²) < 4.78 is 31.0. The predicted octanol–water partition coefficient (Wildman–Crippen LogP) is 0.728. The van der Waals surface area contributed by atoms with Crippen LogP contribution < -0.4 is 0 Å². The number of hydrogen-bond donors (Lipinski definition) is 0. The smallest absolute Gasteiger partial charge is 0.227 e. The minimum Gasteiger partial charge on any atom is -0.343 e. The second kappa shape index (κ2) is 10.1. The number of piperazine rings is 1. The third-order valence-electron chi connectivity index (χ3n) is 4.73. The Hall–Kier alpha value is -1.52. The molecule has 0 unspecified atom stereocenters. The minimum atomic E-state index is -3.13. The number of aromatic nitrogens is 2. The highest BCUT2D eigenvalue weighted by molar-refractivity contribution is 7.89. The lowest BCUT2D eigenvalue weighted by atomic mass is 10.2. The molecule has 0 spiro atoms. The van der Waals surface area contributed by atoms with Crippen LogP contribution in [0.3, 0.4) is 0 Å². The van der Waals surface area contributed by atoms with E-state index < -0.39 is 10.0 Å². The summed E-state index contributed by atoms with van der Waals surface area (Å²) in [6, 6.07) is 0. The molecule has 9 nitrogen and oxygen atoms in total. The molecule has 0 aromatic carbocycles. The van der Waals surface area contributed by atoms with Crippen LogP contribution in [0, 0.1) is 0 Å². The van der Waals surface area contributed by atoms with Crippen molar-refractivity contribution in [1.82, 2.24) is 24.2 Å². The summed E-state index contributed by atoms with van der Waals surface area (Å²) in [4.78, 5) is 20.3. The van der Waals surface area contributed by atoms with E-state index in [1.165, 1.54) is 0 Å². The normalized spacial score (nSPS) is 16.6. The van der Waals surface area contributed by atoms with Gasteiger partial charge in [-0.1, -0.05) is 12.1 Å². The molecule has 1 aromatic rings. The number of aryl methyl sites for hydroxylation is 1. The Bertz CT molecular complexity index is 694. The molecule has 154 valence electrons. The van der Waals surface area contributed by atoms with Gasteiger partial charge in [-0.05, 0) is 20.3 Å². The number of hydrogen-bond acceptors (Lipinski definition) is 7. The maximum Gasteiger partial charge on any atom is 0.227 e. The van der Waals surface area contributed by atoms with Gasteiger partial charge in [0, 0.05) is 52.1 Å². The molecule has 0 bridgehead atoms. The number of nitrogens with zero attached hydrogens (tertiary/aromatic N) is 5. The van der Waals surface area contributed by atoms with E-state index in [1.54, 1.807) is 9.21 Å². The topological polar surface area (TPSA) is 99.8 Å². The number of sulfonamides is 1. The average molecular weight is 402 g/mol. The number of carbonyl (C=O) groups excluding carboxylic acids is 1. The highest BCUT2D eigenvalue weighted by Crippen LogP contribution is 2.12. The molecular weight excluding hydrogens is 370 g/mol. The lowest BCUT2D eigenvalue weighted by Gasteiger charge is -2.33. The van der Waals surface area contributed by atoms with E-state index in [4.69, 9.17) is 4.52 Å². The summed E-state index contributed by atoms with van der Waals surface area (Å²) in [5.41, 5.74) is 0. The van der Waals surface area contributed by atoms with E-state index in [1.807, 2.05) is 20.8 Å². The van der Waals surface area contributed by atoms with E-state index >= 15 is 0 Å². The first kappa shape index (κ1) is 21.8. The summed E-state index contributed by atoms with van der Waals surface area (Å²) in [5, 5.41) is 3.99. The molecule has 27 heavy (non-hydrogen) atoms. The first-order valence-electron chi connectivity index (χ1n) is 9.69. The molecule has 1 saturated heterocycles. The third kappa shape index (κ3) is 6.25. The minimum absolute atomic E-state index is 0.0872. The molecule has 10 heteroatoms. The zero-order valence-electron chi connectivity index (χ0n) is 16.6. The van der Waals surface area contributed by atoms with Gasteiger partial charge in [0.1, 0.15) is 0 Å². The van der Waals surface area contributed by atoms with Crippen molar-refractivity contribution in [3.63, 3.8) is 0 Å². The van der Waals surface area contributed by atoms with E-state index in [2.05, 4.69) is 15.0 Å². The van der Waals surface area contributed by atoms with Crippen molar-refractivity contribution in [1.29, 1.82) is 0 Å². The van der Waals surface area contributed by atoms with Crippen LogP contribution in [0.5, 0.6) is 0 Å². The molecule has 1 amide bonds. The Kier molecular flexibility index (Phi) is 8.18. The molecule has 2 rings (SSSR count). The highest BCUT2D eigenvalue weighted by Gasteiger charge is 2.26. The summed E-state index contributed by atoms with van der Waals surface area (Å²) in [6.45, 7) is 9.98. The van der Waals surface area contributed by atoms with Crippen molar-refractivity contribution in [2.75, 3.05) is 45.0 Å². The van der Waals surface area contributed by atoms with Gasteiger partial charge < -0.3 is 9.42 Å². The van der Waals surface area contributed by atoms with E-state index in [-0.39, 0.29) is 11.7 Å². The molecule has 1 aromatic heterocycles. The number of amides is 1. The first-order chi connectivity index (χ1) is 12.9. The van der Waals surface area contributed by atoms with Crippen LogP contribution in [0.4, 0.5) is 0 Å². The second-order valence-corrected chi connectivity index (χ2v) is 8.75. The van der Waals surface area contributed by atoms with Crippen molar-refractivity contribution in [3.05, 3.63) is 11.7 Å². The zero-order valence-corrected chi connectivity index (χ0v) is 17.4. The van der Waals surface area contributed by atoms with Gasteiger partial charge >= 0.3 is 0 Å². The summed E-state index contributed by atoms with van der Waals surface area (Å²) in [5.74, 6) is 1.33. The van der Waals surface area contributed by atoms with Gasteiger partial charge in [-0.3, -0.25) is 9.69 Å². The van der Waals surface area contributed by atoms with Crippen molar-refractivity contribution < 1.29 is 17.7 Å². The van der Waals surface area contributed by atoms with E-state index in [0.717, 1.165) is 0 Å². The van der Waals surface area contributed by atoms with Crippen LogP contribution in [0.1, 0.15) is 45.3 Å². The van der Waals surface area contributed by atoms with E-state index in [9.17, 15) is 13.2 Å². The van der Waals surface area contributed by atoms with Crippen LogP contribution in [0.15, 0.2) is 4.52 Å².